The van der Waals surface area contributed by atoms with Crippen LogP contribution < -0.4 is 0 Å². The van der Waals surface area contributed by atoms with Crippen molar-refractivity contribution in [1.29, 1.82) is 0 Å². The van der Waals surface area contributed by atoms with Crippen LogP contribution in [0.25, 0.3) is 5.69 Å². The summed E-state index contributed by atoms with van der Waals surface area (Å²) in [6, 6.07) is 12.7. The van der Waals surface area contributed by atoms with E-state index in [1.807, 2.05) is 42.5 Å². The zero-order valence-electron chi connectivity index (χ0n) is 16.3. The smallest absolute Gasteiger partial charge is 0.160 e. The van der Waals surface area contributed by atoms with Gasteiger partial charge < -0.3 is 9.47 Å². The second-order valence-corrected chi connectivity index (χ2v) is 8.92. The van der Waals surface area contributed by atoms with Crippen molar-refractivity contribution in [1.82, 2.24) is 19.4 Å². The normalized spacial score (nSPS) is 23.8. The number of aryl methyl sites for hydroxylation is 1. The van der Waals surface area contributed by atoms with E-state index >= 15 is 0 Å². The monoisotopic (exact) mass is 389 g/mol. The van der Waals surface area contributed by atoms with Gasteiger partial charge in [-0.25, -0.2) is 0 Å². The molecule has 5 rings (SSSR count). The predicted octanol–water partition coefficient (Wildman–Crippen LogP) is 4.47. The first kappa shape index (κ1) is 17.5. The molecule has 0 N–H and O–H groups in total. The molecule has 0 bridgehead atoms. The maximum absolute atomic E-state index is 5.10. The fraction of sp³-hybridized carbons (Fsp3) is 0.318. The molecule has 0 saturated carbocycles. The lowest BCUT2D eigenvalue weighted by atomic mass is 9.96. The molecule has 3 aromatic rings. The third-order valence-electron chi connectivity index (χ3n) is 5.57. The van der Waals surface area contributed by atoms with Crippen molar-refractivity contribution in [3.63, 3.8) is 0 Å². The number of aromatic nitrogens is 3. The van der Waals surface area contributed by atoms with Crippen molar-refractivity contribution in [2.75, 3.05) is 6.54 Å². The maximum atomic E-state index is 5.10. The number of pyridine rings is 2. The lowest BCUT2D eigenvalue weighted by Crippen LogP contribution is -2.28. The Morgan fingerprint density at radius 2 is 2.00 bits per heavy atom. The van der Waals surface area contributed by atoms with E-state index in [0.717, 1.165) is 23.1 Å². The molecule has 0 radical (unpaired) electrons. The van der Waals surface area contributed by atoms with Crippen LogP contribution in [0.1, 0.15) is 41.7 Å². The molecule has 0 aromatic carbocycles. The van der Waals surface area contributed by atoms with Crippen LogP contribution in [0.5, 0.6) is 0 Å². The molecule has 28 heavy (non-hydrogen) atoms. The van der Waals surface area contributed by atoms with Crippen molar-refractivity contribution in [2.45, 2.75) is 38.1 Å². The third-order valence-corrected chi connectivity index (χ3v) is 6.68. The van der Waals surface area contributed by atoms with Gasteiger partial charge in [-0.2, -0.15) is 0 Å². The SMILES string of the molecule is Cc1cc([C@@H]2[C@@H](c3ccccn3)N=C3S[C@@H](C)CN32)c(C)n1-c1cccnc1. The Hall–Kier alpha value is -2.60. The van der Waals surface area contributed by atoms with Crippen molar-refractivity contribution in [3.05, 3.63) is 77.6 Å². The minimum absolute atomic E-state index is 0.0269. The Morgan fingerprint density at radius 3 is 2.75 bits per heavy atom. The molecule has 0 aliphatic carbocycles. The van der Waals surface area contributed by atoms with Crippen LogP contribution in [0.4, 0.5) is 0 Å². The van der Waals surface area contributed by atoms with Gasteiger partial charge in [0.25, 0.3) is 0 Å². The predicted molar refractivity (Wildman–Crippen MR) is 114 cm³/mol. The second kappa shape index (κ2) is 6.78. The molecule has 1 fully saturated rings. The Labute approximate surface area is 169 Å². The molecular weight excluding hydrogens is 366 g/mol. The van der Waals surface area contributed by atoms with Gasteiger partial charge in [0.1, 0.15) is 6.04 Å². The van der Waals surface area contributed by atoms with Crippen molar-refractivity contribution in [2.24, 2.45) is 4.99 Å². The highest BCUT2D eigenvalue weighted by Gasteiger charge is 2.44. The standard InChI is InChI=1S/C22H23N5S/c1-14-11-18(16(3)27(14)17-7-6-9-23-12-17)21-20(19-8-4-5-10-24-19)25-22-26(21)13-15(2)28-22/h4-12,15,20-21H,13H2,1-3H3/t15-,20+,21+/m0/s1. The molecule has 5 nitrogen and oxygen atoms in total. The first-order valence-corrected chi connectivity index (χ1v) is 10.5. The minimum atomic E-state index is 0.0269. The quantitative estimate of drug-likeness (QED) is 0.663. The van der Waals surface area contributed by atoms with Gasteiger partial charge in [0.15, 0.2) is 5.17 Å². The number of aliphatic imine (C=N–C) groups is 1. The van der Waals surface area contributed by atoms with Gasteiger partial charge in [0.05, 0.1) is 23.6 Å². The molecule has 0 amide bonds. The number of hydrogen-bond acceptors (Lipinski definition) is 5. The van der Waals surface area contributed by atoms with Crippen LogP contribution in [0.3, 0.4) is 0 Å². The van der Waals surface area contributed by atoms with Crippen molar-refractivity contribution >= 4 is 16.9 Å². The Morgan fingerprint density at radius 1 is 1.11 bits per heavy atom. The molecule has 6 heteroatoms. The summed E-state index contributed by atoms with van der Waals surface area (Å²) in [4.78, 5) is 16.5. The van der Waals surface area contributed by atoms with E-state index in [1.54, 1.807) is 0 Å². The first-order valence-electron chi connectivity index (χ1n) is 9.65. The van der Waals surface area contributed by atoms with E-state index in [0.29, 0.717) is 5.25 Å². The number of nitrogens with zero attached hydrogens (tertiary/aromatic N) is 5. The highest BCUT2D eigenvalue weighted by molar-refractivity contribution is 8.14. The first-order chi connectivity index (χ1) is 13.6. The lowest BCUT2D eigenvalue weighted by molar-refractivity contribution is 0.320. The molecule has 5 heterocycles. The Bertz CT molecular complexity index is 1030. The van der Waals surface area contributed by atoms with Crippen LogP contribution in [0.15, 0.2) is 60.0 Å². The topological polar surface area (TPSA) is 46.3 Å². The van der Waals surface area contributed by atoms with Gasteiger partial charge in [-0.1, -0.05) is 24.8 Å². The molecule has 1 saturated heterocycles. The Kier molecular flexibility index (Phi) is 4.23. The molecule has 0 unspecified atom stereocenters. The number of rotatable bonds is 3. The molecule has 2 aliphatic rings. The van der Waals surface area contributed by atoms with Gasteiger partial charge >= 0.3 is 0 Å². The fourth-order valence-electron chi connectivity index (χ4n) is 4.42. The Balaban J connectivity index is 1.63. The average Bonchev–Trinajstić information content (AvgIpc) is 3.33. The second-order valence-electron chi connectivity index (χ2n) is 7.51. The van der Waals surface area contributed by atoms with Gasteiger partial charge in [0.2, 0.25) is 0 Å². The summed E-state index contributed by atoms with van der Waals surface area (Å²) in [5.74, 6) is 0. The van der Waals surface area contributed by atoms with E-state index in [2.05, 4.69) is 64.5 Å². The zero-order valence-corrected chi connectivity index (χ0v) is 17.1. The largest absolute Gasteiger partial charge is 0.341 e. The van der Waals surface area contributed by atoms with Gasteiger partial charge in [-0.3, -0.25) is 15.0 Å². The number of thioether (sulfide) groups is 1. The number of amidine groups is 1. The fourth-order valence-corrected chi connectivity index (χ4v) is 5.52. The van der Waals surface area contributed by atoms with E-state index < -0.39 is 0 Å². The van der Waals surface area contributed by atoms with Crippen LogP contribution >= 0.6 is 11.8 Å². The van der Waals surface area contributed by atoms with Crippen LogP contribution in [-0.4, -0.2) is 36.4 Å². The van der Waals surface area contributed by atoms with Gasteiger partial charge in [-0.15, -0.1) is 0 Å². The van der Waals surface area contributed by atoms with Gasteiger partial charge in [-0.05, 0) is 49.7 Å². The summed E-state index contributed by atoms with van der Waals surface area (Å²) < 4.78 is 2.29. The van der Waals surface area contributed by atoms with E-state index in [1.165, 1.54) is 17.0 Å². The third kappa shape index (κ3) is 2.75. The summed E-state index contributed by atoms with van der Waals surface area (Å²) in [7, 11) is 0. The molecule has 0 spiro atoms. The maximum Gasteiger partial charge on any atom is 0.160 e. The summed E-state index contributed by atoms with van der Waals surface area (Å²) in [6.07, 6.45) is 5.60. The van der Waals surface area contributed by atoms with E-state index in [9.17, 15) is 0 Å². The number of hydrogen-bond donors (Lipinski definition) is 0. The molecular formula is C22H23N5S. The summed E-state index contributed by atoms with van der Waals surface area (Å²) in [6.45, 7) is 7.66. The summed E-state index contributed by atoms with van der Waals surface area (Å²) >= 11 is 1.88. The minimum Gasteiger partial charge on any atom is -0.341 e. The van der Waals surface area contributed by atoms with Crippen LogP contribution in [-0.2, 0) is 0 Å². The average molecular weight is 390 g/mol. The highest BCUT2D eigenvalue weighted by Crippen LogP contribution is 2.48. The van der Waals surface area contributed by atoms with Crippen molar-refractivity contribution in [3.8, 4) is 5.69 Å². The van der Waals surface area contributed by atoms with Crippen molar-refractivity contribution < 1.29 is 0 Å². The van der Waals surface area contributed by atoms with Crippen LogP contribution in [0, 0.1) is 13.8 Å². The summed E-state index contributed by atoms with van der Waals surface area (Å²) in [5, 5.41) is 1.71. The molecule has 142 valence electrons. The lowest BCUT2D eigenvalue weighted by Gasteiger charge is -2.27. The molecule has 3 aromatic heterocycles. The van der Waals surface area contributed by atoms with Crippen LogP contribution in [0.2, 0.25) is 0 Å². The zero-order chi connectivity index (χ0) is 19.3. The molecule has 3 atom stereocenters. The van der Waals surface area contributed by atoms with E-state index in [-0.39, 0.29) is 12.1 Å². The van der Waals surface area contributed by atoms with E-state index in [4.69, 9.17) is 4.99 Å². The summed E-state index contributed by atoms with van der Waals surface area (Å²) in [5.41, 5.74) is 5.92. The van der Waals surface area contributed by atoms with Gasteiger partial charge in [0, 0.05) is 35.6 Å². The molecule has 2 aliphatic heterocycles. The highest BCUT2D eigenvalue weighted by atomic mass is 32.2. The number of fused-ring (bicyclic) bond motifs is 1.